The maximum absolute atomic E-state index is 4.26. The van der Waals surface area contributed by atoms with Crippen molar-refractivity contribution in [2.45, 2.75) is 41.0 Å². The summed E-state index contributed by atoms with van der Waals surface area (Å²) in [5.41, 5.74) is 7.18. The van der Waals surface area contributed by atoms with Crippen molar-refractivity contribution in [2.24, 2.45) is 0 Å². The Hall–Kier alpha value is -2.86. The van der Waals surface area contributed by atoms with Crippen LogP contribution in [0.15, 0.2) is 97.6 Å². The molecule has 0 saturated heterocycles. The van der Waals surface area contributed by atoms with Gasteiger partial charge in [-0.15, -0.1) is 0 Å². The first kappa shape index (κ1) is 23.2. The highest BCUT2D eigenvalue weighted by atomic mass is 14.1. The van der Waals surface area contributed by atoms with E-state index in [4.69, 9.17) is 0 Å². The van der Waals surface area contributed by atoms with Crippen LogP contribution in [0.3, 0.4) is 0 Å². The Morgan fingerprint density at radius 2 is 1.18 bits per heavy atom. The van der Waals surface area contributed by atoms with Gasteiger partial charge >= 0.3 is 0 Å². The number of hydrogen-bond acceptors (Lipinski definition) is 0. The molecule has 0 radical (unpaired) electrons. The normalized spacial score (nSPS) is 9.75. The molecule has 3 rings (SSSR count). The Bertz CT molecular complexity index is 854. The van der Waals surface area contributed by atoms with E-state index in [2.05, 4.69) is 105 Å². The molecule has 0 spiro atoms. The summed E-state index contributed by atoms with van der Waals surface area (Å²) >= 11 is 0. The van der Waals surface area contributed by atoms with E-state index in [0.29, 0.717) is 0 Å². The lowest BCUT2D eigenvalue weighted by Crippen LogP contribution is -1.90. The molecule has 0 atom stereocenters. The van der Waals surface area contributed by atoms with Gasteiger partial charge in [0.25, 0.3) is 0 Å². The highest BCUT2D eigenvalue weighted by Crippen LogP contribution is 2.36. The molecular weight excluding hydrogens is 336 g/mol. The standard InChI is InChI=1S/C24H22.2C2H6/c1-3-4-12-19(2)21-15-8-10-17-23(21)24-18-11-9-16-22(24)20-13-6-5-7-14-20;2*1-2/h4-18H,2-3H2,1H3;2*1-2H3/b12-4-;;. The third kappa shape index (κ3) is 6.09. The molecule has 0 aliphatic rings. The van der Waals surface area contributed by atoms with Gasteiger partial charge in [-0.3, -0.25) is 0 Å². The van der Waals surface area contributed by atoms with E-state index in [1.54, 1.807) is 0 Å². The molecule has 0 N–H and O–H groups in total. The van der Waals surface area contributed by atoms with Crippen LogP contribution < -0.4 is 0 Å². The summed E-state index contributed by atoms with van der Waals surface area (Å²) in [6, 6.07) is 27.6. The van der Waals surface area contributed by atoms with Gasteiger partial charge < -0.3 is 0 Å². The maximum atomic E-state index is 4.26. The number of rotatable bonds is 5. The summed E-state index contributed by atoms with van der Waals surface area (Å²) in [5.74, 6) is 0. The van der Waals surface area contributed by atoms with Crippen LogP contribution in [-0.4, -0.2) is 0 Å². The van der Waals surface area contributed by atoms with Gasteiger partial charge in [0.15, 0.2) is 0 Å². The topological polar surface area (TPSA) is 0 Å². The molecule has 0 bridgehead atoms. The summed E-state index contributed by atoms with van der Waals surface area (Å²) in [6.07, 6.45) is 5.29. The Morgan fingerprint density at radius 1 is 0.679 bits per heavy atom. The van der Waals surface area contributed by atoms with Gasteiger partial charge in [-0.25, -0.2) is 0 Å². The predicted molar refractivity (Wildman–Crippen MR) is 128 cm³/mol. The smallest absolute Gasteiger partial charge is 0.00992 e. The molecule has 0 aliphatic heterocycles. The van der Waals surface area contributed by atoms with Gasteiger partial charge in [0, 0.05) is 0 Å². The van der Waals surface area contributed by atoms with Gasteiger partial charge in [0.05, 0.1) is 0 Å². The zero-order valence-electron chi connectivity index (χ0n) is 18.1. The molecule has 0 nitrogen and oxygen atoms in total. The summed E-state index contributed by atoms with van der Waals surface area (Å²) in [4.78, 5) is 0. The highest BCUT2D eigenvalue weighted by molar-refractivity contribution is 5.91. The van der Waals surface area contributed by atoms with Crippen LogP contribution in [0.2, 0.25) is 0 Å². The van der Waals surface area contributed by atoms with E-state index < -0.39 is 0 Å². The zero-order valence-corrected chi connectivity index (χ0v) is 18.1. The second-order valence-electron chi connectivity index (χ2n) is 5.79. The molecule has 0 amide bonds. The van der Waals surface area contributed by atoms with E-state index in [1.807, 2.05) is 27.7 Å². The van der Waals surface area contributed by atoms with Gasteiger partial charge in [-0.05, 0) is 39.8 Å². The predicted octanol–water partition coefficient (Wildman–Crippen LogP) is 9.05. The van der Waals surface area contributed by atoms with Crippen LogP contribution in [0.5, 0.6) is 0 Å². The minimum Gasteiger partial charge on any atom is -0.0911 e. The molecule has 0 heteroatoms. The Morgan fingerprint density at radius 3 is 1.79 bits per heavy atom. The van der Waals surface area contributed by atoms with Crippen LogP contribution in [0.1, 0.15) is 46.6 Å². The van der Waals surface area contributed by atoms with E-state index in [1.165, 1.54) is 27.8 Å². The third-order valence-corrected chi connectivity index (χ3v) is 4.13. The molecule has 0 fully saturated rings. The van der Waals surface area contributed by atoms with Crippen molar-refractivity contribution in [3.05, 3.63) is 103 Å². The Labute approximate surface area is 172 Å². The van der Waals surface area contributed by atoms with E-state index in [9.17, 15) is 0 Å². The van der Waals surface area contributed by atoms with Crippen LogP contribution in [0.4, 0.5) is 0 Å². The number of hydrogen-bond donors (Lipinski definition) is 0. The van der Waals surface area contributed by atoms with Crippen molar-refractivity contribution in [3.8, 4) is 22.3 Å². The lowest BCUT2D eigenvalue weighted by molar-refractivity contribution is 1.23. The summed E-state index contributed by atoms with van der Waals surface area (Å²) in [6.45, 7) is 14.4. The fourth-order valence-electron chi connectivity index (χ4n) is 2.94. The summed E-state index contributed by atoms with van der Waals surface area (Å²) in [7, 11) is 0. The first-order valence-electron chi connectivity index (χ1n) is 10.4. The van der Waals surface area contributed by atoms with Gasteiger partial charge in [-0.2, -0.15) is 0 Å². The van der Waals surface area contributed by atoms with E-state index in [0.717, 1.165) is 12.0 Å². The fourth-order valence-corrected chi connectivity index (χ4v) is 2.94. The van der Waals surface area contributed by atoms with Crippen LogP contribution >= 0.6 is 0 Å². The summed E-state index contributed by atoms with van der Waals surface area (Å²) in [5, 5.41) is 0. The van der Waals surface area contributed by atoms with Crippen molar-refractivity contribution >= 4 is 5.57 Å². The molecule has 0 unspecified atom stereocenters. The highest BCUT2D eigenvalue weighted by Gasteiger charge is 2.11. The molecule has 3 aromatic rings. The molecule has 28 heavy (non-hydrogen) atoms. The second-order valence-corrected chi connectivity index (χ2v) is 5.79. The average molecular weight is 371 g/mol. The third-order valence-electron chi connectivity index (χ3n) is 4.13. The first-order valence-corrected chi connectivity index (χ1v) is 10.4. The SMILES string of the molecule is C=C(/C=C\CC)c1ccccc1-c1ccccc1-c1ccccc1.CC.CC. The molecule has 146 valence electrons. The van der Waals surface area contributed by atoms with Gasteiger partial charge in [0.1, 0.15) is 0 Å². The van der Waals surface area contributed by atoms with Crippen molar-refractivity contribution in [2.75, 3.05) is 0 Å². The van der Waals surface area contributed by atoms with Crippen molar-refractivity contribution in [1.29, 1.82) is 0 Å². The molecular formula is C28H34. The average Bonchev–Trinajstić information content (AvgIpc) is 2.80. The van der Waals surface area contributed by atoms with Gasteiger partial charge in [0.2, 0.25) is 0 Å². The summed E-state index contributed by atoms with van der Waals surface area (Å²) < 4.78 is 0. The van der Waals surface area contributed by atoms with Crippen molar-refractivity contribution in [1.82, 2.24) is 0 Å². The minimum atomic E-state index is 1.02. The molecule has 0 heterocycles. The second kappa shape index (κ2) is 13.3. The maximum Gasteiger partial charge on any atom is -0.00992 e. The molecule has 0 aliphatic carbocycles. The molecule has 0 saturated carbocycles. The first-order chi connectivity index (χ1) is 13.8. The molecule has 3 aromatic carbocycles. The minimum absolute atomic E-state index is 1.02. The van der Waals surface area contributed by atoms with Gasteiger partial charge in [-0.1, -0.05) is 132 Å². The number of benzene rings is 3. The Kier molecular flexibility index (Phi) is 11.0. The fraction of sp³-hybridized carbons (Fsp3) is 0.214. The van der Waals surface area contributed by atoms with E-state index in [-0.39, 0.29) is 0 Å². The largest absolute Gasteiger partial charge is 0.0911 e. The van der Waals surface area contributed by atoms with Crippen LogP contribution in [-0.2, 0) is 0 Å². The van der Waals surface area contributed by atoms with Crippen LogP contribution in [0, 0.1) is 0 Å². The lowest BCUT2D eigenvalue weighted by atomic mass is 9.89. The quantitative estimate of drug-likeness (QED) is 0.393. The zero-order chi connectivity index (χ0) is 20.8. The van der Waals surface area contributed by atoms with Crippen molar-refractivity contribution in [3.63, 3.8) is 0 Å². The van der Waals surface area contributed by atoms with Crippen LogP contribution in [0.25, 0.3) is 27.8 Å². The van der Waals surface area contributed by atoms with E-state index >= 15 is 0 Å². The monoisotopic (exact) mass is 370 g/mol. The molecule has 0 aromatic heterocycles. The Balaban J connectivity index is 0.000000921. The van der Waals surface area contributed by atoms with Crippen molar-refractivity contribution < 1.29 is 0 Å². The number of allylic oxidation sites excluding steroid dienone is 3. The lowest BCUT2D eigenvalue weighted by Gasteiger charge is -2.14.